The molecule has 3 aromatic rings. The topological polar surface area (TPSA) is 31.9 Å². The Morgan fingerprint density at radius 1 is 1.07 bits per heavy atom. The summed E-state index contributed by atoms with van der Waals surface area (Å²) in [6.45, 7) is 2.03. The molecule has 0 aliphatic carbocycles. The zero-order valence-electron chi connectivity index (χ0n) is 14.8. The number of H-pyrrole nitrogens is 1. The quantitative estimate of drug-likeness (QED) is 0.709. The molecule has 1 aliphatic rings. The summed E-state index contributed by atoms with van der Waals surface area (Å²) in [5.74, 6) is -1.16. The van der Waals surface area contributed by atoms with Crippen LogP contribution < -0.4 is 0 Å². The second kappa shape index (κ2) is 7.56. The van der Waals surface area contributed by atoms with Gasteiger partial charge in [-0.15, -0.1) is 0 Å². The second-order valence-electron chi connectivity index (χ2n) is 7.02. The average Bonchev–Trinajstić information content (AvgIpc) is 3.14. The molecule has 1 aliphatic heterocycles. The van der Waals surface area contributed by atoms with Crippen LogP contribution in [0.25, 0.3) is 11.1 Å². The largest absolute Gasteiger partial charge is 0.298 e. The van der Waals surface area contributed by atoms with Crippen molar-refractivity contribution in [3.05, 3.63) is 77.4 Å². The van der Waals surface area contributed by atoms with E-state index >= 15 is 0 Å². The number of hydrogen-bond donors (Lipinski definition) is 1. The molecule has 0 amide bonds. The normalized spacial score (nSPS) is 18.0. The molecule has 2 aromatic carbocycles. The van der Waals surface area contributed by atoms with Crippen molar-refractivity contribution in [1.82, 2.24) is 15.1 Å². The van der Waals surface area contributed by atoms with Crippen LogP contribution in [0.2, 0.25) is 0 Å². The predicted octanol–water partition coefficient (Wildman–Crippen LogP) is 4.87. The number of aromatic nitrogens is 2. The molecule has 0 radical (unpaired) electrons. The third-order valence-corrected chi connectivity index (χ3v) is 5.13. The number of aromatic amines is 1. The minimum absolute atomic E-state index is 0.197. The molecule has 140 valence electrons. The van der Waals surface area contributed by atoms with E-state index in [-0.39, 0.29) is 11.7 Å². The van der Waals surface area contributed by atoms with Crippen LogP contribution in [0.3, 0.4) is 0 Å². The van der Waals surface area contributed by atoms with E-state index in [0.29, 0.717) is 12.1 Å². The fourth-order valence-electron chi connectivity index (χ4n) is 3.82. The molecular weight excluding hydrogens is 351 g/mol. The highest BCUT2D eigenvalue weighted by Crippen LogP contribution is 2.33. The standard InChI is InChI=1S/C21H20F3N3/c22-17-5-1-3-14(9-17)19-11-25-26-21(19)16-4-2-8-27(13-16)12-15-6-7-18(23)10-20(15)24/h1,3,5-7,9-11,16H,2,4,8,12-13H2,(H,25,26)/t16-/m1/s1. The molecule has 6 heteroatoms. The number of hydrogen-bond acceptors (Lipinski definition) is 2. The molecule has 0 bridgehead atoms. The molecule has 0 unspecified atom stereocenters. The van der Waals surface area contributed by atoms with Crippen molar-refractivity contribution in [2.24, 2.45) is 0 Å². The van der Waals surface area contributed by atoms with Crippen LogP contribution in [0.4, 0.5) is 13.2 Å². The smallest absolute Gasteiger partial charge is 0.130 e. The number of nitrogens with one attached hydrogen (secondary N) is 1. The van der Waals surface area contributed by atoms with Crippen molar-refractivity contribution in [1.29, 1.82) is 0 Å². The minimum atomic E-state index is -0.565. The summed E-state index contributed by atoms with van der Waals surface area (Å²) >= 11 is 0. The summed E-state index contributed by atoms with van der Waals surface area (Å²) in [5, 5.41) is 7.24. The SMILES string of the molecule is Fc1cccc(-c2cn[nH]c2[C@@H]2CCCN(Cc3ccc(F)cc3F)C2)c1. The first-order valence-electron chi connectivity index (χ1n) is 9.05. The summed E-state index contributed by atoms with van der Waals surface area (Å²) in [6.07, 6.45) is 3.67. The van der Waals surface area contributed by atoms with Crippen LogP contribution in [-0.4, -0.2) is 28.2 Å². The van der Waals surface area contributed by atoms with E-state index in [2.05, 4.69) is 15.1 Å². The molecule has 1 aromatic heterocycles. The maximum Gasteiger partial charge on any atom is 0.130 e. The van der Waals surface area contributed by atoms with Gasteiger partial charge in [-0.2, -0.15) is 5.10 Å². The van der Waals surface area contributed by atoms with Gasteiger partial charge in [0.25, 0.3) is 0 Å². The van der Waals surface area contributed by atoms with Gasteiger partial charge in [0, 0.05) is 41.9 Å². The molecular formula is C21H20F3N3. The number of likely N-dealkylation sites (tertiary alicyclic amines) is 1. The van der Waals surface area contributed by atoms with Gasteiger partial charge in [-0.25, -0.2) is 13.2 Å². The molecule has 1 atom stereocenters. The first kappa shape index (κ1) is 17.8. The fourth-order valence-corrected chi connectivity index (χ4v) is 3.82. The Hall–Kier alpha value is -2.60. The van der Waals surface area contributed by atoms with Gasteiger partial charge in [-0.05, 0) is 43.1 Å². The Morgan fingerprint density at radius 2 is 1.93 bits per heavy atom. The Balaban J connectivity index is 1.53. The van der Waals surface area contributed by atoms with E-state index in [9.17, 15) is 13.2 Å². The highest BCUT2D eigenvalue weighted by molar-refractivity contribution is 5.65. The third-order valence-electron chi connectivity index (χ3n) is 5.13. The number of nitrogens with zero attached hydrogens (tertiary/aromatic N) is 2. The van der Waals surface area contributed by atoms with Gasteiger partial charge in [-0.1, -0.05) is 18.2 Å². The summed E-state index contributed by atoms with van der Waals surface area (Å²) in [5.41, 5.74) is 3.16. The van der Waals surface area contributed by atoms with Gasteiger partial charge in [0.2, 0.25) is 0 Å². The van der Waals surface area contributed by atoms with E-state index in [1.807, 2.05) is 6.07 Å². The minimum Gasteiger partial charge on any atom is -0.298 e. The molecule has 1 fully saturated rings. The summed E-state index contributed by atoms with van der Waals surface area (Å²) < 4.78 is 40.7. The second-order valence-corrected chi connectivity index (χ2v) is 7.02. The van der Waals surface area contributed by atoms with E-state index in [1.165, 1.54) is 24.3 Å². The maximum absolute atomic E-state index is 14.0. The van der Waals surface area contributed by atoms with Crippen LogP contribution in [0.1, 0.15) is 30.0 Å². The first-order valence-corrected chi connectivity index (χ1v) is 9.05. The fraction of sp³-hybridized carbons (Fsp3) is 0.286. The zero-order chi connectivity index (χ0) is 18.8. The third kappa shape index (κ3) is 3.90. The lowest BCUT2D eigenvalue weighted by Crippen LogP contribution is -2.34. The van der Waals surface area contributed by atoms with Crippen LogP contribution in [0, 0.1) is 17.5 Å². The molecule has 1 N–H and O–H groups in total. The first-order chi connectivity index (χ1) is 13.1. The lowest BCUT2D eigenvalue weighted by atomic mass is 9.90. The van der Waals surface area contributed by atoms with Crippen molar-refractivity contribution in [2.45, 2.75) is 25.3 Å². The zero-order valence-corrected chi connectivity index (χ0v) is 14.8. The van der Waals surface area contributed by atoms with Gasteiger partial charge in [-0.3, -0.25) is 10.00 Å². The molecule has 0 spiro atoms. The van der Waals surface area contributed by atoms with Crippen LogP contribution in [0.15, 0.2) is 48.7 Å². The van der Waals surface area contributed by atoms with Gasteiger partial charge in [0.1, 0.15) is 17.5 Å². The van der Waals surface area contributed by atoms with Gasteiger partial charge >= 0.3 is 0 Å². The number of halogens is 3. The molecule has 1 saturated heterocycles. The van der Waals surface area contributed by atoms with Crippen LogP contribution in [0.5, 0.6) is 0 Å². The molecule has 2 heterocycles. The van der Waals surface area contributed by atoms with Crippen LogP contribution in [-0.2, 0) is 6.54 Å². The molecule has 4 rings (SSSR count). The van der Waals surface area contributed by atoms with Gasteiger partial charge < -0.3 is 0 Å². The number of benzene rings is 2. The Bertz CT molecular complexity index is 938. The Kier molecular flexibility index (Phi) is 4.99. The van der Waals surface area contributed by atoms with Crippen molar-refractivity contribution < 1.29 is 13.2 Å². The van der Waals surface area contributed by atoms with Gasteiger partial charge in [0.05, 0.1) is 6.20 Å². The van der Waals surface area contributed by atoms with Gasteiger partial charge in [0.15, 0.2) is 0 Å². The van der Waals surface area contributed by atoms with Crippen molar-refractivity contribution >= 4 is 0 Å². The Labute approximate surface area is 155 Å². The predicted molar refractivity (Wildman–Crippen MR) is 97.6 cm³/mol. The van der Waals surface area contributed by atoms with Crippen LogP contribution >= 0.6 is 0 Å². The van der Waals surface area contributed by atoms with Crippen molar-refractivity contribution in [2.75, 3.05) is 13.1 Å². The van der Waals surface area contributed by atoms with E-state index in [1.54, 1.807) is 12.3 Å². The van der Waals surface area contributed by atoms with E-state index in [4.69, 9.17) is 0 Å². The lowest BCUT2D eigenvalue weighted by Gasteiger charge is -2.32. The van der Waals surface area contributed by atoms with E-state index in [0.717, 1.165) is 48.8 Å². The summed E-state index contributed by atoms with van der Waals surface area (Å²) in [4.78, 5) is 2.17. The van der Waals surface area contributed by atoms with Crippen molar-refractivity contribution in [3.63, 3.8) is 0 Å². The highest BCUT2D eigenvalue weighted by Gasteiger charge is 2.25. The molecule has 3 nitrogen and oxygen atoms in total. The summed E-state index contributed by atoms with van der Waals surface area (Å²) in [7, 11) is 0. The highest BCUT2D eigenvalue weighted by atomic mass is 19.1. The number of piperidine rings is 1. The lowest BCUT2D eigenvalue weighted by molar-refractivity contribution is 0.196. The monoisotopic (exact) mass is 371 g/mol. The van der Waals surface area contributed by atoms with E-state index < -0.39 is 11.6 Å². The average molecular weight is 371 g/mol. The molecule has 0 saturated carbocycles. The maximum atomic E-state index is 14.0. The van der Waals surface area contributed by atoms with Crippen molar-refractivity contribution in [3.8, 4) is 11.1 Å². The molecule has 27 heavy (non-hydrogen) atoms. The Morgan fingerprint density at radius 3 is 2.74 bits per heavy atom. The summed E-state index contributed by atoms with van der Waals surface area (Å²) in [6, 6.07) is 10.2. The number of rotatable bonds is 4.